The number of rotatable bonds is 7. The normalized spacial score (nSPS) is 15.8. The van der Waals surface area contributed by atoms with Crippen LogP contribution >= 0.6 is 8.37 Å². The summed E-state index contributed by atoms with van der Waals surface area (Å²) >= 11 is 0. The molecular weight excluding hydrogens is 329 g/mol. The van der Waals surface area contributed by atoms with Gasteiger partial charge in [0.05, 0.1) is 0 Å². The molecule has 0 atom stereocenters. The molecule has 0 saturated heterocycles. The van der Waals surface area contributed by atoms with Crippen molar-refractivity contribution in [2.75, 3.05) is 0 Å². The van der Waals surface area contributed by atoms with Crippen molar-refractivity contribution in [3.63, 3.8) is 0 Å². The Kier molecular flexibility index (Phi) is 7.14. The summed E-state index contributed by atoms with van der Waals surface area (Å²) in [6, 6.07) is 0. The zero-order valence-corrected chi connectivity index (χ0v) is 21.2. The van der Waals surface area contributed by atoms with Crippen LogP contribution < -0.4 is 9.51 Å². The Morgan fingerprint density at radius 3 is 0.950 bits per heavy atom. The van der Waals surface area contributed by atoms with Gasteiger partial charge in [0.15, 0.2) is 0 Å². The topological polar surface area (TPSA) is 27.3 Å². The maximum absolute atomic E-state index is 4.12. The third kappa shape index (κ3) is 8.58. The van der Waals surface area contributed by atoms with E-state index in [2.05, 4.69) is 92.1 Å². The van der Waals surface area contributed by atoms with E-state index in [9.17, 15) is 0 Å². The van der Waals surface area contributed by atoms with E-state index < -0.39 is 41.3 Å². The SMILES string of the molecule is C[Si](C)(C)N[PH2](N[Si](C)(C)C)N([Si](C)(C)C)[Si](C)(C)C. The van der Waals surface area contributed by atoms with Crippen LogP contribution in [0.3, 0.4) is 0 Å². The van der Waals surface area contributed by atoms with Gasteiger partial charge in [-0.15, -0.1) is 0 Å². The number of hydrogen-bond donors (Lipinski definition) is 2. The van der Waals surface area contributed by atoms with Crippen molar-refractivity contribution in [3.8, 4) is 0 Å². The molecule has 0 aromatic carbocycles. The standard InChI is InChI=1S/C12H40N3PSi4/c1-17(2,3)13-16(14-18(4,5)6)15(19(7,8)9)20(10,11)12/h13-14H,16H2,1-12H3. The number of nitrogens with one attached hydrogen (secondary N) is 2. The van der Waals surface area contributed by atoms with Crippen LogP contribution in [0.15, 0.2) is 0 Å². The van der Waals surface area contributed by atoms with Crippen LogP contribution in [0, 0.1) is 0 Å². The van der Waals surface area contributed by atoms with Gasteiger partial charge in [0, 0.05) is 0 Å². The van der Waals surface area contributed by atoms with Crippen molar-refractivity contribution >= 4 is 41.3 Å². The van der Waals surface area contributed by atoms with Crippen LogP contribution in [0.4, 0.5) is 0 Å². The first-order valence-corrected chi connectivity index (χ1v) is 23.3. The predicted octanol–water partition coefficient (Wildman–Crippen LogP) is 4.50. The van der Waals surface area contributed by atoms with E-state index in [4.69, 9.17) is 0 Å². The first-order valence-electron chi connectivity index (χ1n) is 7.78. The molecule has 20 heavy (non-hydrogen) atoms. The Morgan fingerprint density at radius 1 is 0.550 bits per heavy atom. The molecule has 0 amide bonds. The molecule has 8 heteroatoms. The molecule has 3 nitrogen and oxygen atoms in total. The molecule has 0 heterocycles. The van der Waals surface area contributed by atoms with Crippen LogP contribution in [0.25, 0.3) is 0 Å². The molecule has 0 radical (unpaired) electrons. The fourth-order valence-electron chi connectivity index (χ4n) is 2.77. The molecule has 0 bridgehead atoms. The Labute approximate surface area is 133 Å². The van der Waals surface area contributed by atoms with Gasteiger partial charge in [-0.2, -0.15) is 0 Å². The minimum absolute atomic E-state index is 1.27. The fourth-order valence-corrected chi connectivity index (χ4v) is 27.9. The van der Waals surface area contributed by atoms with Gasteiger partial charge >= 0.3 is 133 Å². The van der Waals surface area contributed by atoms with Crippen LogP contribution in [0.2, 0.25) is 78.6 Å². The van der Waals surface area contributed by atoms with E-state index >= 15 is 0 Å². The first-order chi connectivity index (χ1) is 8.43. The summed E-state index contributed by atoms with van der Waals surface area (Å²) in [6.07, 6.45) is 0. The van der Waals surface area contributed by atoms with E-state index in [1.54, 1.807) is 0 Å². The zero-order chi connectivity index (χ0) is 16.6. The molecule has 0 saturated carbocycles. The third-order valence-electron chi connectivity index (χ3n) is 2.84. The van der Waals surface area contributed by atoms with E-state index in [0.29, 0.717) is 0 Å². The molecular formula is C12H40N3PSi4. The van der Waals surface area contributed by atoms with E-state index in [-0.39, 0.29) is 0 Å². The monoisotopic (exact) mass is 369 g/mol. The van der Waals surface area contributed by atoms with E-state index in [0.717, 1.165) is 0 Å². The second-order valence-electron chi connectivity index (χ2n) is 9.90. The van der Waals surface area contributed by atoms with Crippen molar-refractivity contribution in [2.24, 2.45) is 0 Å². The molecule has 0 fully saturated rings. The van der Waals surface area contributed by atoms with Crippen molar-refractivity contribution in [1.29, 1.82) is 0 Å². The van der Waals surface area contributed by atoms with Crippen LogP contribution in [0.1, 0.15) is 0 Å². The molecule has 0 aliphatic heterocycles. The van der Waals surface area contributed by atoms with Gasteiger partial charge in [0.2, 0.25) is 0 Å². The second-order valence-corrected chi connectivity index (χ2v) is 33.7. The first kappa shape index (κ1) is 21.2. The molecule has 0 spiro atoms. The summed E-state index contributed by atoms with van der Waals surface area (Å²) in [5.74, 6) is 0. The summed E-state index contributed by atoms with van der Waals surface area (Å²) in [5, 5.41) is 0. The van der Waals surface area contributed by atoms with Gasteiger partial charge in [-0.3, -0.25) is 0 Å². The van der Waals surface area contributed by atoms with Gasteiger partial charge in [-0.25, -0.2) is 0 Å². The maximum atomic E-state index is 4.12. The van der Waals surface area contributed by atoms with Gasteiger partial charge in [0.1, 0.15) is 0 Å². The van der Waals surface area contributed by atoms with Crippen molar-refractivity contribution in [3.05, 3.63) is 0 Å². The fraction of sp³-hybridized carbons (Fsp3) is 1.00. The summed E-state index contributed by atoms with van der Waals surface area (Å²) in [5.41, 5.74) is 0. The zero-order valence-electron chi connectivity index (χ0n) is 16.0. The van der Waals surface area contributed by atoms with Gasteiger partial charge in [0.25, 0.3) is 0 Å². The molecule has 0 rings (SSSR count). The Morgan fingerprint density at radius 2 is 0.800 bits per heavy atom. The quantitative estimate of drug-likeness (QED) is 0.511. The Hall–Kier alpha value is 1.18. The Bertz CT molecular complexity index is 283. The average molecular weight is 370 g/mol. The van der Waals surface area contributed by atoms with Crippen LogP contribution in [-0.2, 0) is 0 Å². The van der Waals surface area contributed by atoms with Crippen molar-refractivity contribution in [1.82, 2.24) is 13.5 Å². The van der Waals surface area contributed by atoms with Crippen LogP contribution in [-0.4, -0.2) is 36.9 Å². The molecule has 0 aliphatic rings. The molecule has 0 aromatic rings. The minimum atomic E-state index is -1.31. The average Bonchev–Trinajstić information content (AvgIpc) is 1.87. The molecule has 124 valence electrons. The second kappa shape index (κ2) is 6.74. The van der Waals surface area contributed by atoms with Crippen molar-refractivity contribution in [2.45, 2.75) is 78.6 Å². The molecule has 0 aromatic heterocycles. The molecule has 0 unspecified atom stereocenters. The van der Waals surface area contributed by atoms with Crippen molar-refractivity contribution < 1.29 is 0 Å². The summed E-state index contributed by atoms with van der Waals surface area (Å²) < 4.78 is 11.3. The number of nitrogens with zero attached hydrogens (tertiary/aromatic N) is 1. The Balaban J connectivity index is 5.54. The van der Waals surface area contributed by atoms with E-state index in [1.165, 1.54) is 0 Å². The third-order valence-corrected chi connectivity index (χ3v) is 25.6. The summed E-state index contributed by atoms with van der Waals surface area (Å²) in [7, 11) is -6.42. The molecule has 0 aliphatic carbocycles. The van der Waals surface area contributed by atoms with Gasteiger partial charge < -0.3 is 0 Å². The summed E-state index contributed by atoms with van der Waals surface area (Å²) in [6.45, 7) is 29.7. The van der Waals surface area contributed by atoms with Gasteiger partial charge in [-0.05, 0) is 0 Å². The predicted molar refractivity (Wildman–Crippen MR) is 111 cm³/mol. The summed E-state index contributed by atoms with van der Waals surface area (Å²) in [4.78, 5) is 0. The van der Waals surface area contributed by atoms with Gasteiger partial charge in [-0.1, -0.05) is 0 Å². The molecule has 2 N–H and O–H groups in total. The number of hydrogen-bond acceptors (Lipinski definition) is 3. The van der Waals surface area contributed by atoms with E-state index in [1.807, 2.05) is 0 Å². The van der Waals surface area contributed by atoms with Crippen LogP contribution in [0.5, 0.6) is 0 Å².